The van der Waals surface area contributed by atoms with Crippen LogP contribution in [-0.2, 0) is 6.42 Å². The maximum atomic E-state index is 9.32. The molecule has 1 saturated carbocycles. The molecule has 82 valence electrons. The molecule has 1 heteroatoms. The third-order valence-corrected chi connectivity index (χ3v) is 3.90. The predicted octanol–water partition coefficient (Wildman–Crippen LogP) is 3.03. The van der Waals surface area contributed by atoms with Crippen molar-refractivity contribution in [3.63, 3.8) is 0 Å². The molecule has 0 aromatic heterocycles. The number of rotatable bonds is 5. The Kier molecular flexibility index (Phi) is 3.11. The Hall–Kier alpha value is -0.820. The Labute approximate surface area is 92.1 Å². The molecule has 1 aliphatic carbocycles. The fourth-order valence-corrected chi connectivity index (χ4v) is 2.49. The average Bonchev–Trinajstić information content (AvgIpc) is 2.92. The van der Waals surface area contributed by atoms with Crippen molar-refractivity contribution in [1.29, 1.82) is 0 Å². The number of aliphatic hydroxyl groups is 1. The van der Waals surface area contributed by atoms with E-state index in [4.69, 9.17) is 0 Å². The van der Waals surface area contributed by atoms with Crippen molar-refractivity contribution in [3.8, 4) is 0 Å². The summed E-state index contributed by atoms with van der Waals surface area (Å²) in [5.74, 6) is 0.735. The second kappa shape index (κ2) is 4.36. The van der Waals surface area contributed by atoms with Crippen LogP contribution in [0.15, 0.2) is 30.3 Å². The Morgan fingerprint density at radius 2 is 2.00 bits per heavy atom. The second-order valence-electron chi connectivity index (χ2n) is 4.96. The average molecular weight is 204 g/mol. The summed E-state index contributed by atoms with van der Waals surface area (Å²) >= 11 is 0. The summed E-state index contributed by atoms with van der Waals surface area (Å²) in [7, 11) is 0. The van der Waals surface area contributed by atoms with Crippen molar-refractivity contribution in [3.05, 3.63) is 35.9 Å². The van der Waals surface area contributed by atoms with Crippen molar-refractivity contribution < 1.29 is 5.11 Å². The topological polar surface area (TPSA) is 20.2 Å². The highest BCUT2D eigenvalue weighted by Gasteiger charge is 2.49. The SMILES string of the molecule is CC1CC1(CO)CCCc1ccccc1. The van der Waals surface area contributed by atoms with Crippen molar-refractivity contribution >= 4 is 0 Å². The van der Waals surface area contributed by atoms with Crippen LogP contribution in [0.25, 0.3) is 0 Å². The lowest BCUT2D eigenvalue weighted by molar-refractivity contribution is 0.189. The van der Waals surface area contributed by atoms with Gasteiger partial charge >= 0.3 is 0 Å². The summed E-state index contributed by atoms with van der Waals surface area (Å²) in [6, 6.07) is 10.6. The van der Waals surface area contributed by atoms with Crippen LogP contribution in [0.5, 0.6) is 0 Å². The molecule has 1 aromatic rings. The van der Waals surface area contributed by atoms with Crippen LogP contribution in [0, 0.1) is 11.3 Å². The molecule has 1 aromatic carbocycles. The summed E-state index contributed by atoms with van der Waals surface area (Å²) in [5, 5.41) is 9.32. The predicted molar refractivity (Wildman–Crippen MR) is 62.7 cm³/mol. The van der Waals surface area contributed by atoms with Crippen LogP contribution in [0.3, 0.4) is 0 Å². The number of hydrogen-bond donors (Lipinski definition) is 1. The van der Waals surface area contributed by atoms with Gasteiger partial charge in [0.25, 0.3) is 0 Å². The molecule has 0 bridgehead atoms. The minimum Gasteiger partial charge on any atom is -0.396 e. The fraction of sp³-hybridized carbons (Fsp3) is 0.571. The van der Waals surface area contributed by atoms with Crippen LogP contribution in [-0.4, -0.2) is 11.7 Å². The van der Waals surface area contributed by atoms with E-state index in [0.29, 0.717) is 6.61 Å². The smallest absolute Gasteiger partial charge is 0.0490 e. The highest BCUT2D eigenvalue weighted by atomic mass is 16.3. The van der Waals surface area contributed by atoms with Crippen molar-refractivity contribution in [2.45, 2.75) is 32.6 Å². The zero-order valence-corrected chi connectivity index (χ0v) is 9.45. The molecule has 2 rings (SSSR count). The van der Waals surface area contributed by atoms with Crippen LogP contribution in [0.2, 0.25) is 0 Å². The van der Waals surface area contributed by atoms with Crippen molar-refractivity contribution in [1.82, 2.24) is 0 Å². The van der Waals surface area contributed by atoms with Gasteiger partial charge in [-0.1, -0.05) is 37.3 Å². The lowest BCUT2D eigenvalue weighted by atomic mass is 9.96. The molecule has 0 amide bonds. The summed E-state index contributed by atoms with van der Waals surface area (Å²) in [4.78, 5) is 0. The van der Waals surface area contributed by atoms with E-state index < -0.39 is 0 Å². The van der Waals surface area contributed by atoms with Gasteiger partial charge in [0.15, 0.2) is 0 Å². The minimum absolute atomic E-state index is 0.286. The standard InChI is InChI=1S/C14H20O/c1-12-10-14(12,11-15)9-5-8-13-6-3-2-4-7-13/h2-4,6-7,12,15H,5,8-11H2,1H3. The van der Waals surface area contributed by atoms with Crippen LogP contribution in [0.1, 0.15) is 31.7 Å². The van der Waals surface area contributed by atoms with E-state index in [1.54, 1.807) is 0 Å². The number of aryl methyl sites for hydroxylation is 1. The third-order valence-electron chi connectivity index (χ3n) is 3.90. The molecule has 0 heterocycles. The number of hydrogen-bond acceptors (Lipinski definition) is 1. The van der Waals surface area contributed by atoms with E-state index in [-0.39, 0.29) is 5.41 Å². The molecule has 0 aliphatic heterocycles. The maximum absolute atomic E-state index is 9.32. The quantitative estimate of drug-likeness (QED) is 0.781. The molecule has 2 atom stereocenters. The maximum Gasteiger partial charge on any atom is 0.0490 e. The van der Waals surface area contributed by atoms with Gasteiger partial charge in [0.1, 0.15) is 0 Å². The molecule has 1 N–H and O–H groups in total. The lowest BCUT2D eigenvalue weighted by Crippen LogP contribution is -2.09. The molecular formula is C14H20O. The third kappa shape index (κ3) is 2.40. The molecule has 2 unspecified atom stereocenters. The first-order valence-corrected chi connectivity index (χ1v) is 5.92. The highest BCUT2D eigenvalue weighted by molar-refractivity contribution is 5.14. The van der Waals surface area contributed by atoms with E-state index in [1.807, 2.05) is 0 Å². The summed E-state index contributed by atoms with van der Waals surface area (Å²) in [5.41, 5.74) is 1.70. The van der Waals surface area contributed by atoms with Gasteiger partial charge in [-0.2, -0.15) is 0 Å². The van der Waals surface area contributed by atoms with E-state index >= 15 is 0 Å². The molecule has 0 radical (unpaired) electrons. The first-order chi connectivity index (χ1) is 7.27. The number of aliphatic hydroxyl groups excluding tert-OH is 1. The van der Waals surface area contributed by atoms with E-state index in [9.17, 15) is 5.11 Å². The Morgan fingerprint density at radius 3 is 2.53 bits per heavy atom. The first kappa shape index (κ1) is 10.7. The number of benzene rings is 1. The molecule has 1 aliphatic rings. The molecule has 15 heavy (non-hydrogen) atoms. The monoisotopic (exact) mass is 204 g/mol. The van der Waals surface area contributed by atoms with Crippen molar-refractivity contribution in [2.24, 2.45) is 11.3 Å². The van der Waals surface area contributed by atoms with Gasteiger partial charge in [-0.15, -0.1) is 0 Å². The molecular weight excluding hydrogens is 184 g/mol. The van der Waals surface area contributed by atoms with Crippen molar-refractivity contribution in [2.75, 3.05) is 6.61 Å². The Balaban J connectivity index is 1.76. The first-order valence-electron chi connectivity index (χ1n) is 5.92. The molecule has 1 fully saturated rings. The molecule has 1 nitrogen and oxygen atoms in total. The summed E-state index contributed by atoms with van der Waals surface area (Å²) in [6.45, 7) is 2.63. The zero-order valence-electron chi connectivity index (χ0n) is 9.45. The normalized spacial score (nSPS) is 29.1. The van der Waals surface area contributed by atoms with Crippen LogP contribution < -0.4 is 0 Å². The lowest BCUT2D eigenvalue weighted by Gasteiger charge is -2.12. The van der Waals surface area contributed by atoms with Gasteiger partial charge in [-0.25, -0.2) is 0 Å². The minimum atomic E-state index is 0.286. The van der Waals surface area contributed by atoms with Crippen LogP contribution in [0.4, 0.5) is 0 Å². The van der Waals surface area contributed by atoms with Gasteiger partial charge in [0.2, 0.25) is 0 Å². The molecule has 0 spiro atoms. The summed E-state index contributed by atoms with van der Waals surface area (Å²) in [6.07, 6.45) is 4.75. The van der Waals surface area contributed by atoms with E-state index in [2.05, 4.69) is 37.3 Å². The van der Waals surface area contributed by atoms with E-state index in [1.165, 1.54) is 24.8 Å². The van der Waals surface area contributed by atoms with Gasteiger partial charge in [0, 0.05) is 6.61 Å². The van der Waals surface area contributed by atoms with E-state index in [0.717, 1.165) is 12.3 Å². The van der Waals surface area contributed by atoms with Gasteiger partial charge in [0.05, 0.1) is 0 Å². The summed E-state index contributed by atoms with van der Waals surface area (Å²) < 4.78 is 0. The zero-order chi connectivity index (χ0) is 10.7. The highest BCUT2D eigenvalue weighted by Crippen LogP contribution is 2.55. The van der Waals surface area contributed by atoms with Crippen LogP contribution >= 0.6 is 0 Å². The van der Waals surface area contributed by atoms with Gasteiger partial charge < -0.3 is 5.11 Å². The molecule has 0 saturated heterocycles. The largest absolute Gasteiger partial charge is 0.396 e. The Morgan fingerprint density at radius 1 is 1.33 bits per heavy atom. The van der Waals surface area contributed by atoms with Gasteiger partial charge in [-0.3, -0.25) is 0 Å². The van der Waals surface area contributed by atoms with Gasteiger partial charge in [-0.05, 0) is 42.6 Å². The Bertz CT molecular complexity index is 302. The second-order valence-corrected chi connectivity index (χ2v) is 4.96. The fourth-order valence-electron chi connectivity index (χ4n) is 2.49.